The SMILES string of the molecule is O=C(COc1ccc2c(c1)CCCC2)NC(CC(F)(F)F)C(=O)O. The smallest absolute Gasteiger partial charge is 0.391 e. The summed E-state index contributed by atoms with van der Waals surface area (Å²) in [6.07, 6.45) is -2.19. The molecule has 0 fully saturated rings. The Kier molecular flexibility index (Phi) is 5.69. The second-order valence-electron chi connectivity index (χ2n) is 5.70. The van der Waals surface area contributed by atoms with E-state index in [1.54, 1.807) is 6.07 Å². The quantitative estimate of drug-likeness (QED) is 0.830. The average Bonchev–Trinajstić information content (AvgIpc) is 2.50. The zero-order valence-electron chi connectivity index (χ0n) is 12.9. The van der Waals surface area contributed by atoms with Crippen LogP contribution in [0.2, 0.25) is 0 Å². The van der Waals surface area contributed by atoms with Gasteiger partial charge >= 0.3 is 12.1 Å². The molecule has 2 N–H and O–H groups in total. The maximum absolute atomic E-state index is 12.3. The fourth-order valence-corrected chi connectivity index (χ4v) is 2.62. The van der Waals surface area contributed by atoms with E-state index in [0.29, 0.717) is 5.75 Å². The summed E-state index contributed by atoms with van der Waals surface area (Å²) in [5.74, 6) is -2.22. The Bertz CT molecular complexity index is 616. The Morgan fingerprint density at radius 3 is 2.50 bits per heavy atom. The predicted molar refractivity (Wildman–Crippen MR) is 78.8 cm³/mol. The van der Waals surface area contributed by atoms with E-state index in [2.05, 4.69) is 0 Å². The number of rotatable bonds is 6. The van der Waals surface area contributed by atoms with Gasteiger partial charge in [-0.2, -0.15) is 13.2 Å². The van der Waals surface area contributed by atoms with Crippen LogP contribution < -0.4 is 10.1 Å². The number of amides is 1. The molecule has 0 heterocycles. The molecular formula is C16H18F3NO4. The molecule has 0 saturated heterocycles. The number of aliphatic carboxylic acids is 1. The highest BCUT2D eigenvalue weighted by Crippen LogP contribution is 2.25. The highest BCUT2D eigenvalue weighted by atomic mass is 19.4. The standard InChI is InChI=1S/C16H18F3NO4/c17-16(18,19)8-13(15(22)23)20-14(21)9-24-12-6-5-10-3-1-2-4-11(10)7-12/h5-7,13H,1-4,8-9H2,(H,20,21)(H,22,23). The van der Waals surface area contributed by atoms with Gasteiger partial charge in [0.1, 0.15) is 11.8 Å². The monoisotopic (exact) mass is 345 g/mol. The van der Waals surface area contributed by atoms with Crippen LogP contribution in [0.5, 0.6) is 5.75 Å². The Balaban J connectivity index is 1.89. The van der Waals surface area contributed by atoms with Gasteiger partial charge in [0.25, 0.3) is 5.91 Å². The summed E-state index contributed by atoms with van der Waals surface area (Å²) in [6, 6.07) is 3.39. The van der Waals surface area contributed by atoms with Gasteiger partial charge in [-0.15, -0.1) is 0 Å². The maximum atomic E-state index is 12.3. The fourth-order valence-electron chi connectivity index (χ4n) is 2.62. The summed E-state index contributed by atoms with van der Waals surface area (Å²) in [4.78, 5) is 22.4. The third-order valence-electron chi connectivity index (χ3n) is 3.76. The van der Waals surface area contributed by atoms with Crippen molar-refractivity contribution in [3.63, 3.8) is 0 Å². The summed E-state index contributed by atoms with van der Waals surface area (Å²) in [7, 11) is 0. The summed E-state index contributed by atoms with van der Waals surface area (Å²) in [6.45, 7) is -0.541. The highest BCUT2D eigenvalue weighted by molar-refractivity contribution is 5.84. The molecule has 0 bridgehead atoms. The maximum Gasteiger partial charge on any atom is 0.391 e. The fraction of sp³-hybridized carbons (Fsp3) is 0.500. The summed E-state index contributed by atoms with van der Waals surface area (Å²) in [5, 5.41) is 10.6. The Morgan fingerprint density at radius 2 is 1.88 bits per heavy atom. The number of hydrogen-bond acceptors (Lipinski definition) is 3. The zero-order valence-corrected chi connectivity index (χ0v) is 12.9. The molecule has 2 rings (SSSR count). The number of nitrogens with one attached hydrogen (secondary N) is 1. The molecule has 0 radical (unpaired) electrons. The minimum Gasteiger partial charge on any atom is -0.484 e. The lowest BCUT2D eigenvalue weighted by Crippen LogP contribution is -2.45. The van der Waals surface area contributed by atoms with E-state index in [0.717, 1.165) is 31.2 Å². The van der Waals surface area contributed by atoms with Crippen molar-refractivity contribution in [2.45, 2.75) is 44.3 Å². The molecule has 0 aromatic heterocycles. The van der Waals surface area contributed by atoms with Crippen LogP contribution >= 0.6 is 0 Å². The van der Waals surface area contributed by atoms with Crippen LogP contribution in [0.1, 0.15) is 30.4 Å². The summed E-state index contributed by atoms with van der Waals surface area (Å²) in [5.41, 5.74) is 2.37. The first-order valence-electron chi connectivity index (χ1n) is 7.58. The van der Waals surface area contributed by atoms with Crippen LogP contribution in [0.15, 0.2) is 18.2 Å². The minimum atomic E-state index is -4.68. The summed E-state index contributed by atoms with van der Waals surface area (Å²) >= 11 is 0. The van der Waals surface area contributed by atoms with Crippen molar-refractivity contribution in [2.24, 2.45) is 0 Å². The molecule has 132 valence electrons. The van der Waals surface area contributed by atoms with E-state index >= 15 is 0 Å². The molecule has 0 spiro atoms. The van der Waals surface area contributed by atoms with Gasteiger partial charge in [-0.3, -0.25) is 4.79 Å². The molecule has 1 unspecified atom stereocenters. The number of halogens is 3. The topological polar surface area (TPSA) is 75.6 Å². The number of carbonyl (C=O) groups is 2. The van der Waals surface area contributed by atoms with Crippen molar-refractivity contribution in [3.8, 4) is 5.75 Å². The van der Waals surface area contributed by atoms with Gasteiger partial charge in [0.05, 0.1) is 6.42 Å². The van der Waals surface area contributed by atoms with E-state index in [1.165, 1.54) is 5.56 Å². The number of hydrogen-bond donors (Lipinski definition) is 2. The Labute approximate surface area is 136 Å². The molecular weight excluding hydrogens is 327 g/mol. The lowest BCUT2D eigenvalue weighted by atomic mass is 9.92. The van der Waals surface area contributed by atoms with Crippen LogP contribution in [0.25, 0.3) is 0 Å². The highest BCUT2D eigenvalue weighted by Gasteiger charge is 2.36. The number of benzene rings is 1. The molecule has 1 aromatic rings. The van der Waals surface area contributed by atoms with Crippen LogP contribution in [0.3, 0.4) is 0 Å². The third-order valence-corrected chi connectivity index (χ3v) is 3.76. The van der Waals surface area contributed by atoms with E-state index < -0.39 is 37.1 Å². The van der Waals surface area contributed by atoms with E-state index in [4.69, 9.17) is 9.84 Å². The first-order chi connectivity index (χ1) is 11.2. The van der Waals surface area contributed by atoms with Gasteiger partial charge in [-0.1, -0.05) is 6.07 Å². The first-order valence-corrected chi connectivity index (χ1v) is 7.58. The number of aryl methyl sites for hydroxylation is 2. The molecule has 1 aliphatic rings. The Hall–Kier alpha value is -2.25. The van der Waals surface area contributed by atoms with Crippen molar-refractivity contribution >= 4 is 11.9 Å². The third kappa shape index (κ3) is 5.43. The van der Waals surface area contributed by atoms with Crippen molar-refractivity contribution in [2.75, 3.05) is 6.61 Å². The van der Waals surface area contributed by atoms with Gasteiger partial charge < -0.3 is 15.2 Å². The van der Waals surface area contributed by atoms with E-state index in [-0.39, 0.29) is 0 Å². The van der Waals surface area contributed by atoms with Crippen LogP contribution in [-0.2, 0) is 22.4 Å². The Morgan fingerprint density at radius 1 is 1.21 bits per heavy atom. The van der Waals surface area contributed by atoms with E-state index in [9.17, 15) is 22.8 Å². The van der Waals surface area contributed by atoms with E-state index in [1.807, 2.05) is 17.4 Å². The van der Waals surface area contributed by atoms with Gasteiger partial charge in [0, 0.05) is 0 Å². The molecule has 1 aliphatic carbocycles. The number of carboxylic acid groups (broad SMARTS) is 1. The molecule has 8 heteroatoms. The molecule has 24 heavy (non-hydrogen) atoms. The van der Waals surface area contributed by atoms with Crippen molar-refractivity contribution in [1.82, 2.24) is 5.32 Å². The largest absolute Gasteiger partial charge is 0.484 e. The molecule has 0 saturated carbocycles. The normalized spacial score (nSPS) is 15.3. The van der Waals surface area contributed by atoms with Gasteiger partial charge in [0.15, 0.2) is 6.61 Å². The van der Waals surface area contributed by atoms with Gasteiger partial charge in [-0.05, 0) is 48.9 Å². The molecule has 0 aliphatic heterocycles. The number of fused-ring (bicyclic) bond motifs is 1. The minimum absolute atomic E-state index is 0.438. The van der Waals surface area contributed by atoms with Crippen LogP contribution in [0, 0.1) is 0 Å². The molecule has 5 nitrogen and oxygen atoms in total. The second-order valence-corrected chi connectivity index (χ2v) is 5.70. The van der Waals surface area contributed by atoms with Gasteiger partial charge in [-0.25, -0.2) is 4.79 Å². The molecule has 1 aromatic carbocycles. The predicted octanol–water partition coefficient (Wildman–Crippen LogP) is 2.47. The number of carboxylic acids is 1. The summed E-state index contributed by atoms with van der Waals surface area (Å²) < 4.78 is 42.1. The van der Waals surface area contributed by atoms with Crippen molar-refractivity contribution < 1.29 is 32.6 Å². The lowest BCUT2D eigenvalue weighted by Gasteiger charge is -2.18. The molecule has 1 amide bonds. The number of carbonyl (C=O) groups excluding carboxylic acids is 1. The van der Waals surface area contributed by atoms with Crippen molar-refractivity contribution in [1.29, 1.82) is 0 Å². The zero-order chi connectivity index (χ0) is 17.7. The number of ether oxygens (including phenoxy) is 1. The first kappa shape index (κ1) is 18.1. The van der Waals surface area contributed by atoms with Crippen LogP contribution in [-0.4, -0.2) is 35.8 Å². The average molecular weight is 345 g/mol. The second kappa shape index (κ2) is 7.55. The van der Waals surface area contributed by atoms with Crippen molar-refractivity contribution in [3.05, 3.63) is 29.3 Å². The lowest BCUT2D eigenvalue weighted by molar-refractivity contribution is -0.160. The number of alkyl halides is 3. The molecule has 1 atom stereocenters. The van der Waals surface area contributed by atoms with Crippen LogP contribution in [0.4, 0.5) is 13.2 Å². The van der Waals surface area contributed by atoms with Gasteiger partial charge in [0.2, 0.25) is 0 Å².